The Morgan fingerprint density at radius 2 is 2.14 bits per heavy atom. The molecule has 0 aliphatic heterocycles. The lowest BCUT2D eigenvalue weighted by Gasteiger charge is -2.02. The molecule has 0 bridgehead atoms. The second-order valence-corrected chi connectivity index (χ2v) is 4.97. The van der Waals surface area contributed by atoms with Gasteiger partial charge in [0.2, 0.25) is 0 Å². The average Bonchev–Trinajstić information content (AvgIpc) is 2.63. The van der Waals surface area contributed by atoms with Crippen molar-refractivity contribution in [1.29, 1.82) is 0 Å². The monoisotopic (exact) mass is 193 g/mol. The van der Waals surface area contributed by atoms with Crippen LogP contribution in [-0.4, -0.2) is 9.78 Å². The summed E-state index contributed by atoms with van der Waals surface area (Å²) in [5.41, 5.74) is 8.89. The number of nitrogens with zero attached hydrogens (tertiary/aromatic N) is 2. The summed E-state index contributed by atoms with van der Waals surface area (Å²) in [6, 6.07) is 0. The van der Waals surface area contributed by atoms with Crippen LogP contribution in [0.2, 0.25) is 0 Å². The first-order valence-electron chi connectivity index (χ1n) is 5.28. The maximum absolute atomic E-state index is 5.97. The SMILES string of the molecule is CCc1c(C2CC2(C)C)nn(C)c1N. The lowest BCUT2D eigenvalue weighted by Crippen LogP contribution is -1.98. The van der Waals surface area contributed by atoms with E-state index in [1.165, 1.54) is 17.7 Å². The van der Waals surface area contributed by atoms with E-state index in [0.717, 1.165) is 12.2 Å². The van der Waals surface area contributed by atoms with Crippen LogP contribution in [0.15, 0.2) is 0 Å². The van der Waals surface area contributed by atoms with Crippen molar-refractivity contribution in [1.82, 2.24) is 9.78 Å². The highest BCUT2D eigenvalue weighted by Gasteiger charge is 2.49. The van der Waals surface area contributed by atoms with E-state index < -0.39 is 0 Å². The molecular weight excluding hydrogens is 174 g/mol. The predicted octanol–water partition coefficient (Wildman–Crippen LogP) is 2.08. The molecule has 1 aliphatic carbocycles. The number of rotatable bonds is 2. The summed E-state index contributed by atoms with van der Waals surface area (Å²) in [5, 5.41) is 4.53. The van der Waals surface area contributed by atoms with Gasteiger partial charge in [-0.1, -0.05) is 20.8 Å². The minimum absolute atomic E-state index is 0.435. The molecule has 3 heteroatoms. The first kappa shape index (κ1) is 9.56. The van der Waals surface area contributed by atoms with Crippen LogP contribution in [0.5, 0.6) is 0 Å². The van der Waals surface area contributed by atoms with Crippen molar-refractivity contribution in [3.63, 3.8) is 0 Å². The fourth-order valence-corrected chi connectivity index (χ4v) is 2.18. The van der Waals surface area contributed by atoms with E-state index in [0.29, 0.717) is 11.3 Å². The number of aryl methyl sites for hydroxylation is 1. The molecule has 2 N–H and O–H groups in total. The Morgan fingerprint density at radius 3 is 2.57 bits per heavy atom. The van der Waals surface area contributed by atoms with Gasteiger partial charge in [0.25, 0.3) is 0 Å². The van der Waals surface area contributed by atoms with Crippen LogP contribution in [0.3, 0.4) is 0 Å². The zero-order chi connectivity index (χ0) is 10.5. The molecule has 0 radical (unpaired) electrons. The fraction of sp³-hybridized carbons (Fsp3) is 0.727. The third-order valence-corrected chi connectivity index (χ3v) is 3.42. The highest BCUT2D eigenvalue weighted by atomic mass is 15.3. The third-order valence-electron chi connectivity index (χ3n) is 3.42. The van der Waals surface area contributed by atoms with Crippen LogP contribution in [0.25, 0.3) is 0 Å². The molecule has 1 atom stereocenters. The van der Waals surface area contributed by atoms with Gasteiger partial charge in [-0.3, -0.25) is 4.68 Å². The number of anilines is 1. The van der Waals surface area contributed by atoms with Crippen molar-refractivity contribution in [3.05, 3.63) is 11.3 Å². The van der Waals surface area contributed by atoms with Gasteiger partial charge in [-0.15, -0.1) is 0 Å². The van der Waals surface area contributed by atoms with E-state index in [9.17, 15) is 0 Å². The topological polar surface area (TPSA) is 43.8 Å². The molecule has 1 saturated carbocycles. The van der Waals surface area contributed by atoms with Gasteiger partial charge in [0.1, 0.15) is 5.82 Å². The normalized spacial score (nSPS) is 23.9. The summed E-state index contributed by atoms with van der Waals surface area (Å²) in [5.74, 6) is 1.46. The summed E-state index contributed by atoms with van der Waals surface area (Å²) in [6.07, 6.45) is 2.23. The Labute approximate surface area is 85.3 Å². The van der Waals surface area contributed by atoms with Gasteiger partial charge >= 0.3 is 0 Å². The van der Waals surface area contributed by atoms with E-state index in [-0.39, 0.29) is 0 Å². The van der Waals surface area contributed by atoms with E-state index in [4.69, 9.17) is 5.73 Å². The smallest absolute Gasteiger partial charge is 0.124 e. The number of nitrogen functional groups attached to an aromatic ring is 1. The molecule has 2 rings (SSSR count). The molecule has 0 spiro atoms. The van der Waals surface area contributed by atoms with Gasteiger partial charge in [-0.05, 0) is 18.3 Å². The van der Waals surface area contributed by atoms with Crippen molar-refractivity contribution >= 4 is 5.82 Å². The second kappa shape index (κ2) is 2.75. The molecule has 3 nitrogen and oxygen atoms in total. The molecule has 1 unspecified atom stereocenters. The van der Waals surface area contributed by atoms with E-state index >= 15 is 0 Å². The van der Waals surface area contributed by atoms with Crippen LogP contribution >= 0.6 is 0 Å². The quantitative estimate of drug-likeness (QED) is 0.781. The molecule has 1 heterocycles. The maximum Gasteiger partial charge on any atom is 0.124 e. The summed E-state index contributed by atoms with van der Waals surface area (Å²) >= 11 is 0. The zero-order valence-electron chi connectivity index (χ0n) is 9.46. The first-order valence-corrected chi connectivity index (χ1v) is 5.28. The van der Waals surface area contributed by atoms with Gasteiger partial charge in [-0.2, -0.15) is 5.10 Å². The Hall–Kier alpha value is -0.990. The van der Waals surface area contributed by atoms with Crippen LogP contribution < -0.4 is 5.73 Å². The molecule has 0 aromatic carbocycles. The van der Waals surface area contributed by atoms with Crippen molar-refractivity contribution in [3.8, 4) is 0 Å². The molecule has 0 amide bonds. The van der Waals surface area contributed by atoms with Crippen LogP contribution in [-0.2, 0) is 13.5 Å². The third kappa shape index (κ3) is 1.22. The predicted molar refractivity (Wildman–Crippen MR) is 58.1 cm³/mol. The average molecular weight is 193 g/mol. The van der Waals surface area contributed by atoms with Crippen molar-refractivity contribution in [2.45, 2.75) is 39.5 Å². The molecule has 1 aromatic heterocycles. The standard InChI is InChI=1S/C11H19N3/c1-5-7-9(8-6-11(8,2)3)13-14(4)10(7)12/h8H,5-6,12H2,1-4H3. The van der Waals surface area contributed by atoms with Gasteiger partial charge in [-0.25, -0.2) is 0 Å². The summed E-state index contributed by atoms with van der Waals surface area (Å²) in [6.45, 7) is 6.73. The van der Waals surface area contributed by atoms with Crippen LogP contribution in [0.4, 0.5) is 5.82 Å². The molecule has 0 saturated heterocycles. The Bertz CT molecular complexity index is 363. The van der Waals surface area contributed by atoms with Crippen molar-refractivity contribution in [2.24, 2.45) is 12.5 Å². The molecule has 1 aromatic rings. The highest BCUT2D eigenvalue weighted by molar-refractivity contribution is 5.46. The Kier molecular flexibility index (Phi) is 1.88. The van der Waals surface area contributed by atoms with E-state index in [1.807, 2.05) is 11.7 Å². The van der Waals surface area contributed by atoms with Gasteiger partial charge in [0.05, 0.1) is 5.69 Å². The van der Waals surface area contributed by atoms with Crippen LogP contribution in [0, 0.1) is 5.41 Å². The molecule has 14 heavy (non-hydrogen) atoms. The maximum atomic E-state index is 5.97. The Morgan fingerprint density at radius 1 is 1.57 bits per heavy atom. The first-order chi connectivity index (χ1) is 6.47. The zero-order valence-corrected chi connectivity index (χ0v) is 9.46. The molecule has 1 fully saturated rings. The largest absolute Gasteiger partial charge is 0.384 e. The lowest BCUT2D eigenvalue weighted by atomic mass is 10.0. The number of nitrogens with two attached hydrogens (primary N) is 1. The van der Waals surface area contributed by atoms with Gasteiger partial charge in [0, 0.05) is 18.5 Å². The number of hydrogen-bond donors (Lipinski definition) is 1. The van der Waals surface area contributed by atoms with Gasteiger partial charge in [0.15, 0.2) is 0 Å². The second-order valence-electron chi connectivity index (χ2n) is 4.97. The Balaban J connectivity index is 2.39. The summed E-state index contributed by atoms with van der Waals surface area (Å²) in [4.78, 5) is 0. The number of hydrogen-bond acceptors (Lipinski definition) is 2. The minimum Gasteiger partial charge on any atom is -0.384 e. The summed E-state index contributed by atoms with van der Waals surface area (Å²) in [7, 11) is 1.92. The number of aromatic nitrogens is 2. The van der Waals surface area contributed by atoms with Crippen molar-refractivity contribution < 1.29 is 0 Å². The molecule has 1 aliphatic rings. The van der Waals surface area contributed by atoms with E-state index in [2.05, 4.69) is 25.9 Å². The fourth-order valence-electron chi connectivity index (χ4n) is 2.18. The molecule has 78 valence electrons. The highest BCUT2D eigenvalue weighted by Crippen LogP contribution is 2.59. The van der Waals surface area contributed by atoms with Crippen LogP contribution in [0.1, 0.15) is 44.4 Å². The van der Waals surface area contributed by atoms with Gasteiger partial charge < -0.3 is 5.73 Å². The summed E-state index contributed by atoms with van der Waals surface area (Å²) < 4.78 is 1.81. The molecular formula is C11H19N3. The van der Waals surface area contributed by atoms with Crippen molar-refractivity contribution in [2.75, 3.05) is 5.73 Å². The lowest BCUT2D eigenvalue weighted by molar-refractivity contribution is 0.607. The minimum atomic E-state index is 0.435. The van der Waals surface area contributed by atoms with E-state index in [1.54, 1.807) is 0 Å².